The average molecular weight is 191 g/mol. The standard InChI is InChI=1S/C7H16N2O2S/c1-7(12(10)11)6-9-4-2-8-3-5-9/h7-8H,2-6H2,1H3,(H,10,11)/p-1. The molecule has 1 saturated heterocycles. The summed E-state index contributed by atoms with van der Waals surface area (Å²) in [5, 5.41) is 2.97. The molecular formula is C7H15N2O2S-. The summed E-state index contributed by atoms with van der Waals surface area (Å²) in [6, 6.07) is 0. The fraction of sp³-hybridized carbons (Fsp3) is 1.00. The van der Waals surface area contributed by atoms with Crippen LogP contribution in [0.2, 0.25) is 0 Å². The third kappa shape index (κ3) is 3.18. The average Bonchev–Trinajstić information content (AvgIpc) is 2.06. The highest BCUT2D eigenvalue weighted by molar-refractivity contribution is 7.79. The maximum absolute atomic E-state index is 10.5. The molecule has 2 unspecified atom stereocenters. The third-order valence-electron chi connectivity index (χ3n) is 2.05. The van der Waals surface area contributed by atoms with Crippen molar-refractivity contribution in [2.45, 2.75) is 12.2 Å². The summed E-state index contributed by atoms with van der Waals surface area (Å²) in [5.74, 6) is 0. The van der Waals surface area contributed by atoms with E-state index in [1.54, 1.807) is 6.92 Å². The lowest BCUT2D eigenvalue weighted by Gasteiger charge is -2.30. The molecule has 1 N–H and O–H groups in total. The Hall–Kier alpha value is 0.0300. The first-order chi connectivity index (χ1) is 5.70. The van der Waals surface area contributed by atoms with Crippen LogP contribution in [-0.4, -0.2) is 51.6 Å². The van der Waals surface area contributed by atoms with E-state index in [1.807, 2.05) is 0 Å². The molecule has 1 fully saturated rings. The molecule has 4 nitrogen and oxygen atoms in total. The SMILES string of the molecule is CC(CN1CCNCC1)S(=O)[O-]. The zero-order valence-electron chi connectivity index (χ0n) is 7.28. The van der Waals surface area contributed by atoms with Crippen LogP contribution in [0.4, 0.5) is 0 Å². The minimum Gasteiger partial charge on any atom is -0.772 e. The maximum atomic E-state index is 10.5. The summed E-state index contributed by atoms with van der Waals surface area (Å²) in [7, 11) is 0. The van der Waals surface area contributed by atoms with Gasteiger partial charge in [0.2, 0.25) is 0 Å². The van der Waals surface area contributed by atoms with Gasteiger partial charge in [-0.15, -0.1) is 0 Å². The van der Waals surface area contributed by atoms with E-state index in [9.17, 15) is 8.76 Å². The molecule has 2 atom stereocenters. The molecule has 0 aliphatic carbocycles. The summed E-state index contributed by atoms with van der Waals surface area (Å²) >= 11 is -1.92. The second kappa shape index (κ2) is 4.91. The number of piperazine rings is 1. The molecule has 0 bridgehead atoms. The zero-order valence-corrected chi connectivity index (χ0v) is 8.10. The second-order valence-electron chi connectivity index (χ2n) is 3.12. The molecule has 0 aromatic heterocycles. The van der Waals surface area contributed by atoms with E-state index in [0.29, 0.717) is 6.54 Å². The van der Waals surface area contributed by atoms with Crippen LogP contribution >= 0.6 is 0 Å². The molecular weight excluding hydrogens is 176 g/mol. The van der Waals surface area contributed by atoms with E-state index in [4.69, 9.17) is 0 Å². The molecule has 12 heavy (non-hydrogen) atoms. The van der Waals surface area contributed by atoms with Gasteiger partial charge in [-0.2, -0.15) is 0 Å². The van der Waals surface area contributed by atoms with E-state index in [2.05, 4.69) is 10.2 Å². The van der Waals surface area contributed by atoms with Crippen molar-refractivity contribution >= 4 is 11.1 Å². The maximum Gasteiger partial charge on any atom is 0.0314 e. The van der Waals surface area contributed by atoms with E-state index in [0.717, 1.165) is 26.2 Å². The summed E-state index contributed by atoms with van der Waals surface area (Å²) in [6.45, 7) is 6.27. The first-order valence-electron chi connectivity index (χ1n) is 4.21. The van der Waals surface area contributed by atoms with Crippen LogP contribution in [0.15, 0.2) is 0 Å². The number of nitrogens with zero attached hydrogens (tertiary/aromatic N) is 1. The number of hydrogen-bond donors (Lipinski definition) is 1. The van der Waals surface area contributed by atoms with Crippen molar-refractivity contribution < 1.29 is 8.76 Å². The molecule has 0 spiro atoms. The van der Waals surface area contributed by atoms with Crippen LogP contribution in [0.1, 0.15) is 6.92 Å². The quantitative estimate of drug-likeness (QED) is 0.591. The number of nitrogens with one attached hydrogen (secondary N) is 1. The largest absolute Gasteiger partial charge is 0.772 e. The Balaban J connectivity index is 2.24. The highest BCUT2D eigenvalue weighted by Gasteiger charge is 2.12. The van der Waals surface area contributed by atoms with Gasteiger partial charge in [0.1, 0.15) is 0 Å². The summed E-state index contributed by atoms with van der Waals surface area (Å²) in [5.41, 5.74) is 0. The summed E-state index contributed by atoms with van der Waals surface area (Å²) in [6.07, 6.45) is 0. The predicted octanol–water partition coefficient (Wildman–Crippen LogP) is -0.841. The molecule has 72 valence electrons. The molecule has 1 aliphatic rings. The Morgan fingerprint density at radius 3 is 2.67 bits per heavy atom. The summed E-state index contributed by atoms with van der Waals surface area (Å²) in [4.78, 5) is 2.18. The minimum atomic E-state index is -1.92. The fourth-order valence-electron chi connectivity index (χ4n) is 1.32. The lowest BCUT2D eigenvalue weighted by Crippen LogP contribution is -2.46. The van der Waals surface area contributed by atoms with Crippen LogP contribution in [0, 0.1) is 0 Å². The molecule has 5 heteroatoms. The second-order valence-corrected chi connectivity index (χ2v) is 4.45. The Morgan fingerprint density at radius 1 is 1.58 bits per heavy atom. The Morgan fingerprint density at radius 2 is 2.17 bits per heavy atom. The van der Waals surface area contributed by atoms with Crippen LogP contribution in [0.25, 0.3) is 0 Å². The van der Waals surface area contributed by atoms with Gasteiger partial charge in [0.25, 0.3) is 0 Å². The highest BCUT2D eigenvalue weighted by Crippen LogP contribution is 1.98. The minimum absolute atomic E-state index is 0.247. The third-order valence-corrected chi connectivity index (χ3v) is 2.86. The number of rotatable bonds is 3. The van der Waals surface area contributed by atoms with E-state index < -0.39 is 11.1 Å². The fourth-order valence-corrected chi connectivity index (χ4v) is 1.65. The monoisotopic (exact) mass is 191 g/mol. The van der Waals surface area contributed by atoms with Gasteiger partial charge in [0.05, 0.1) is 0 Å². The first-order valence-corrected chi connectivity index (χ1v) is 5.35. The molecule has 0 amide bonds. The van der Waals surface area contributed by atoms with Crippen LogP contribution < -0.4 is 5.32 Å². The first kappa shape index (κ1) is 10.1. The lowest BCUT2D eigenvalue weighted by molar-refractivity contribution is 0.241. The van der Waals surface area contributed by atoms with Crippen molar-refractivity contribution in [3.63, 3.8) is 0 Å². The van der Waals surface area contributed by atoms with Gasteiger partial charge in [-0.25, -0.2) is 0 Å². The van der Waals surface area contributed by atoms with Gasteiger partial charge >= 0.3 is 0 Å². The van der Waals surface area contributed by atoms with Crippen molar-refractivity contribution in [2.75, 3.05) is 32.7 Å². The molecule has 0 aromatic carbocycles. The molecule has 1 heterocycles. The molecule has 0 radical (unpaired) electrons. The van der Waals surface area contributed by atoms with Crippen LogP contribution in [-0.2, 0) is 11.1 Å². The highest BCUT2D eigenvalue weighted by atomic mass is 32.2. The van der Waals surface area contributed by atoms with E-state index in [1.165, 1.54) is 0 Å². The number of hydrogen-bond acceptors (Lipinski definition) is 4. The molecule has 0 aromatic rings. The van der Waals surface area contributed by atoms with Gasteiger partial charge in [0, 0.05) is 38.0 Å². The Labute approximate surface area is 75.6 Å². The van der Waals surface area contributed by atoms with E-state index >= 15 is 0 Å². The Bertz CT molecular complexity index is 159. The molecule has 1 aliphatic heterocycles. The van der Waals surface area contributed by atoms with Crippen LogP contribution in [0.3, 0.4) is 0 Å². The van der Waals surface area contributed by atoms with Gasteiger partial charge in [-0.05, 0) is 0 Å². The lowest BCUT2D eigenvalue weighted by atomic mass is 10.3. The van der Waals surface area contributed by atoms with Gasteiger partial charge in [0.15, 0.2) is 0 Å². The van der Waals surface area contributed by atoms with E-state index in [-0.39, 0.29) is 5.25 Å². The van der Waals surface area contributed by atoms with Crippen molar-refractivity contribution in [1.82, 2.24) is 10.2 Å². The normalized spacial score (nSPS) is 25.2. The summed E-state index contributed by atoms with van der Waals surface area (Å²) < 4.78 is 21.1. The Kier molecular flexibility index (Phi) is 4.14. The van der Waals surface area contributed by atoms with Crippen LogP contribution in [0.5, 0.6) is 0 Å². The van der Waals surface area contributed by atoms with Crippen molar-refractivity contribution in [3.05, 3.63) is 0 Å². The van der Waals surface area contributed by atoms with Crippen molar-refractivity contribution in [2.24, 2.45) is 0 Å². The molecule has 0 saturated carbocycles. The smallest absolute Gasteiger partial charge is 0.0314 e. The molecule has 1 rings (SSSR count). The zero-order chi connectivity index (χ0) is 8.97. The van der Waals surface area contributed by atoms with Crippen molar-refractivity contribution in [3.8, 4) is 0 Å². The van der Waals surface area contributed by atoms with Gasteiger partial charge in [-0.3, -0.25) is 9.11 Å². The predicted molar refractivity (Wildman–Crippen MR) is 47.7 cm³/mol. The van der Waals surface area contributed by atoms with Crippen molar-refractivity contribution in [1.29, 1.82) is 0 Å². The van der Waals surface area contributed by atoms with Gasteiger partial charge in [-0.1, -0.05) is 18.0 Å². The van der Waals surface area contributed by atoms with Gasteiger partial charge < -0.3 is 9.87 Å². The topological polar surface area (TPSA) is 55.4 Å².